The Morgan fingerprint density at radius 2 is 2.00 bits per heavy atom. The molecule has 4 rings (SSSR count). The summed E-state index contributed by atoms with van der Waals surface area (Å²) in [5.41, 5.74) is 4.12. The van der Waals surface area contributed by atoms with Crippen molar-refractivity contribution in [2.75, 3.05) is 11.4 Å². The summed E-state index contributed by atoms with van der Waals surface area (Å²) in [7, 11) is 0. The fourth-order valence-electron chi connectivity index (χ4n) is 3.50. The molecule has 0 spiro atoms. The Hall–Kier alpha value is -2.89. The maximum Gasteiger partial charge on any atom is 0.284 e. The van der Waals surface area contributed by atoms with Crippen LogP contribution in [0.25, 0.3) is 10.1 Å². The number of benzene rings is 2. The second-order valence-corrected chi connectivity index (χ2v) is 8.03. The predicted molar refractivity (Wildman–Crippen MR) is 115 cm³/mol. The van der Waals surface area contributed by atoms with Crippen LogP contribution in [0.1, 0.15) is 21.7 Å². The number of nitrogens with one attached hydrogen (secondary N) is 1. The van der Waals surface area contributed by atoms with E-state index in [-0.39, 0.29) is 0 Å². The molecule has 2 aromatic carbocycles. The topological polar surface area (TPSA) is 52.6 Å². The first kappa shape index (κ1) is 18.5. The molecule has 1 heterocycles. The molecular formula is C23H22N2O2S. The quantitative estimate of drug-likeness (QED) is 0.452. The van der Waals surface area contributed by atoms with E-state index in [0.29, 0.717) is 10.8 Å². The van der Waals surface area contributed by atoms with E-state index in [4.69, 9.17) is 5.21 Å². The third-order valence-corrected chi connectivity index (χ3v) is 6.03. The molecular weight excluding hydrogens is 368 g/mol. The van der Waals surface area contributed by atoms with Gasteiger partial charge in [0.25, 0.3) is 5.91 Å². The number of nitrogens with zero attached hydrogens (tertiary/aromatic N) is 1. The fraction of sp³-hybridized carbons (Fsp3) is 0.174. The van der Waals surface area contributed by atoms with Crippen molar-refractivity contribution in [2.24, 2.45) is 5.92 Å². The summed E-state index contributed by atoms with van der Waals surface area (Å²) in [5, 5.41) is 9.90. The van der Waals surface area contributed by atoms with Crippen LogP contribution in [0.5, 0.6) is 0 Å². The van der Waals surface area contributed by atoms with Gasteiger partial charge in [0.05, 0.1) is 4.88 Å². The van der Waals surface area contributed by atoms with Gasteiger partial charge in [-0.25, -0.2) is 5.48 Å². The molecule has 3 aromatic rings. The Balaban J connectivity index is 1.65. The van der Waals surface area contributed by atoms with Gasteiger partial charge in [0.1, 0.15) is 0 Å². The van der Waals surface area contributed by atoms with Crippen LogP contribution < -0.4 is 10.4 Å². The van der Waals surface area contributed by atoms with Crippen LogP contribution in [0.4, 0.5) is 5.69 Å². The molecule has 0 saturated carbocycles. The lowest BCUT2D eigenvalue weighted by Crippen LogP contribution is -2.28. The molecule has 1 aliphatic carbocycles. The predicted octanol–water partition coefficient (Wildman–Crippen LogP) is 5.16. The number of anilines is 1. The zero-order valence-electron chi connectivity index (χ0n) is 15.4. The van der Waals surface area contributed by atoms with E-state index in [0.717, 1.165) is 35.3 Å². The molecule has 142 valence electrons. The highest BCUT2D eigenvalue weighted by Gasteiger charge is 2.16. The summed E-state index contributed by atoms with van der Waals surface area (Å²) in [4.78, 5) is 14.6. The average molecular weight is 391 g/mol. The van der Waals surface area contributed by atoms with Crippen LogP contribution >= 0.6 is 11.3 Å². The van der Waals surface area contributed by atoms with Crippen molar-refractivity contribution < 1.29 is 10.0 Å². The summed E-state index contributed by atoms with van der Waals surface area (Å²) < 4.78 is 1.04. The molecule has 0 saturated heterocycles. The molecule has 0 aliphatic heterocycles. The Labute approximate surface area is 168 Å². The first-order valence-electron chi connectivity index (χ1n) is 9.33. The second kappa shape index (κ2) is 8.42. The highest BCUT2D eigenvalue weighted by Crippen LogP contribution is 2.31. The molecule has 5 heteroatoms. The third-order valence-electron chi connectivity index (χ3n) is 4.93. The summed E-state index contributed by atoms with van der Waals surface area (Å²) in [6, 6.07) is 18.6. The molecule has 28 heavy (non-hydrogen) atoms. The van der Waals surface area contributed by atoms with Gasteiger partial charge in [-0.1, -0.05) is 60.7 Å². The fourth-order valence-corrected chi connectivity index (χ4v) is 4.48. The number of fused-ring (bicyclic) bond motifs is 1. The minimum absolute atomic E-state index is 0.469. The normalized spacial score (nSPS) is 15.7. The molecule has 0 radical (unpaired) electrons. The molecule has 0 fully saturated rings. The number of thiophene rings is 1. The standard InChI is InChI=1S/C23H22N2O2S/c26-23(24-27)22-13-19-11-12-20(14-21(19)28-22)25(15-17-7-3-1-4-8-17)16-18-9-5-2-6-10-18/h1-9,11-14,18,27H,10,15-16H2,(H,24,26). The highest BCUT2D eigenvalue weighted by molar-refractivity contribution is 7.20. The van der Waals surface area contributed by atoms with Crippen LogP contribution in [-0.2, 0) is 6.54 Å². The third kappa shape index (κ3) is 4.16. The van der Waals surface area contributed by atoms with Gasteiger partial charge in [0.15, 0.2) is 0 Å². The van der Waals surface area contributed by atoms with E-state index >= 15 is 0 Å². The van der Waals surface area contributed by atoms with Crippen LogP contribution in [-0.4, -0.2) is 17.7 Å². The summed E-state index contributed by atoms with van der Waals surface area (Å²) >= 11 is 1.39. The number of hydrogen-bond donors (Lipinski definition) is 2. The first-order valence-corrected chi connectivity index (χ1v) is 10.1. The van der Waals surface area contributed by atoms with Crippen molar-refractivity contribution in [3.63, 3.8) is 0 Å². The van der Waals surface area contributed by atoms with Crippen LogP contribution in [0.2, 0.25) is 0 Å². The van der Waals surface area contributed by atoms with Crippen molar-refractivity contribution in [3.05, 3.63) is 89.3 Å². The van der Waals surface area contributed by atoms with Gasteiger partial charge in [-0.15, -0.1) is 11.3 Å². The average Bonchev–Trinajstić information content (AvgIpc) is 3.17. The lowest BCUT2D eigenvalue weighted by molar-refractivity contribution is 0.0711. The zero-order chi connectivity index (χ0) is 19.3. The van der Waals surface area contributed by atoms with E-state index in [2.05, 4.69) is 65.6 Å². The molecule has 2 N–H and O–H groups in total. The molecule has 1 atom stereocenters. The molecule has 0 bridgehead atoms. The van der Waals surface area contributed by atoms with Gasteiger partial charge >= 0.3 is 0 Å². The van der Waals surface area contributed by atoms with E-state index in [9.17, 15) is 4.79 Å². The lowest BCUT2D eigenvalue weighted by Gasteiger charge is -2.29. The van der Waals surface area contributed by atoms with Crippen molar-refractivity contribution in [2.45, 2.75) is 13.0 Å². The number of hydroxylamine groups is 1. The minimum Gasteiger partial charge on any atom is -0.367 e. The van der Waals surface area contributed by atoms with Gasteiger partial charge in [0.2, 0.25) is 0 Å². The van der Waals surface area contributed by atoms with E-state index < -0.39 is 5.91 Å². The van der Waals surface area contributed by atoms with Crippen molar-refractivity contribution in [1.82, 2.24) is 5.48 Å². The van der Waals surface area contributed by atoms with E-state index in [1.165, 1.54) is 16.9 Å². The molecule has 1 aliphatic rings. The first-order chi connectivity index (χ1) is 13.7. The summed E-state index contributed by atoms with van der Waals surface area (Å²) in [6.07, 6.45) is 9.75. The maximum absolute atomic E-state index is 11.7. The number of hydrogen-bond acceptors (Lipinski definition) is 4. The van der Waals surface area contributed by atoms with Gasteiger partial charge < -0.3 is 4.90 Å². The van der Waals surface area contributed by atoms with Gasteiger partial charge in [-0.05, 0) is 41.5 Å². The summed E-state index contributed by atoms with van der Waals surface area (Å²) in [6.45, 7) is 1.76. The van der Waals surface area contributed by atoms with Gasteiger partial charge in [0, 0.05) is 23.5 Å². The number of carbonyl (C=O) groups is 1. The SMILES string of the molecule is O=C(NO)c1cc2ccc(N(Cc3ccccc3)CC3C=CC=CC3)cc2s1. The van der Waals surface area contributed by atoms with Crippen LogP contribution in [0.15, 0.2) is 78.9 Å². The summed E-state index contributed by atoms with van der Waals surface area (Å²) in [5.74, 6) is 0.00601. The van der Waals surface area contributed by atoms with Gasteiger partial charge in [-0.2, -0.15) is 0 Å². The Morgan fingerprint density at radius 1 is 1.14 bits per heavy atom. The molecule has 1 amide bonds. The minimum atomic E-state index is -0.469. The molecule has 4 nitrogen and oxygen atoms in total. The smallest absolute Gasteiger partial charge is 0.284 e. The highest BCUT2D eigenvalue weighted by atomic mass is 32.1. The van der Waals surface area contributed by atoms with Crippen LogP contribution in [0.3, 0.4) is 0 Å². The Bertz CT molecular complexity index is 1020. The van der Waals surface area contributed by atoms with E-state index in [1.54, 1.807) is 5.48 Å². The Kier molecular flexibility index (Phi) is 5.55. The Morgan fingerprint density at radius 3 is 2.75 bits per heavy atom. The van der Waals surface area contributed by atoms with Gasteiger partial charge in [-0.3, -0.25) is 10.0 Å². The largest absolute Gasteiger partial charge is 0.367 e. The number of rotatable bonds is 6. The molecule has 1 unspecified atom stereocenters. The van der Waals surface area contributed by atoms with Crippen molar-refractivity contribution in [3.8, 4) is 0 Å². The number of carbonyl (C=O) groups excluding carboxylic acids is 1. The van der Waals surface area contributed by atoms with Crippen LogP contribution in [0, 0.1) is 5.92 Å². The maximum atomic E-state index is 11.7. The lowest BCUT2D eigenvalue weighted by atomic mass is 9.99. The number of allylic oxidation sites excluding steroid dienone is 3. The van der Waals surface area contributed by atoms with Crippen molar-refractivity contribution in [1.29, 1.82) is 0 Å². The van der Waals surface area contributed by atoms with Crippen molar-refractivity contribution >= 4 is 33.0 Å². The van der Waals surface area contributed by atoms with E-state index in [1.807, 2.05) is 18.2 Å². The zero-order valence-corrected chi connectivity index (χ0v) is 16.2. The second-order valence-electron chi connectivity index (χ2n) is 6.95. The molecule has 1 aromatic heterocycles. The monoisotopic (exact) mass is 390 g/mol. The number of amides is 1.